The highest BCUT2D eigenvalue weighted by Crippen LogP contribution is 2.42. The van der Waals surface area contributed by atoms with Crippen LogP contribution < -0.4 is 5.73 Å². The summed E-state index contributed by atoms with van der Waals surface area (Å²) in [5, 5.41) is 0. The molecule has 3 atom stereocenters. The topological polar surface area (TPSA) is 29.3 Å². The van der Waals surface area contributed by atoms with Gasteiger partial charge >= 0.3 is 0 Å². The first-order chi connectivity index (χ1) is 8.54. The number of nitrogens with zero attached hydrogens (tertiary/aromatic N) is 1. The highest BCUT2D eigenvalue weighted by atomic mass is 15.2. The molecular weight excluding hydrogens is 220 g/mol. The zero-order valence-electron chi connectivity index (χ0n) is 12.6. The van der Waals surface area contributed by atoms with Gasteiger partial charge in [0.15, 0.2) is 0 Å². The number of likely N-dealkylation sites (tertiary alicyclic amines) is 1. The molecule has 1 aliphatic carbocycles. The van der Waals surface area contributed by atoms with E-state index in [0.717, 1.165) is 11.8 Å². The standard InChI is InChI=1S/C16H32N2/c1-4-5-6-7-8-9-16(2,3)18-11-13-10-15(17)14(13)12-18/h13-15H,4-12,17H2,1-3H3/t13-,14?,15?/m1/s1. The van der Waals surface area contributed by atoms with Crippen LogP contribution in [-0.4, -0.2) is 29.6 Å². The molecule has 2 heteroatoms. The maximum absolute atomic E-state index is 6.10. The summed E-state index contributed by atoms with van der Waals surface area (Å²) in [6, 6.07) is 0.500. The van der Waals surface area contributed by atoms with Crippen LogP contribution in [0.2, 0.25) is 0 Å². The molecule has 0 bridgehead atoms. The fourth-order valence-electron chi connectivity index (χ4n) is 3.77. The summed E-state index contributed by atoms with van der Waals surface area (Å²) >= 11 is 0. The van der Waals surface area contributed by atoms with Crippen LogP contribution >= 0.6 is 0 Å². The highest BCUT2D eigenvalue weighted by Gasteiger charge is 2.48. The predicted molar refractivity (Wildman–Crippen MR) is 78.6 cm³/mol. The molecule has 2 unspecified atom stereocenters. The molecule has 1 saturated carbocycles. The lowest BCUT2D eigenvalue weighted by Crippen LogP contribution is -2.46. The van der Waals surface area contributed by atoms with Crippen LogP contribution in [-0.2, 0) is 0 Å². The number of unbranched alkanes of at least 4 members (excludes halogenated alkanes) is 4. The van der Waals surface area contributed by atoms with Crippen molar-refractivity contribution in [2.24, 2.45) is 17.6 Å². The second-order valence-electron chi connectivity index (χ2n) is 7.21. The molecule has 2 nitrogen and oxygen atoms in total. The van der Waals surface area contributed by atoms with Gasteiger partial charge in [-0.05, 0) is 38.5 Å². The number of fused-ring (bicyclic) bond motifs is 1. The second-order valence-corrected chi connectivity index (χ2v) is 7.21. The van der Waals surface area contributed by atoms with Gasteiger partial charge in [-0.3, -0.25) is 4.90 Å². The van der Waals surface area contributed by atoms with Gasteiger partial charge in [0.25, 0.3) is 0 Å². The number of nitrogens with two attached hydrogens (primary N) is 1. The molecule has 2 fully saturated rings. The largest absolute Gasteiger partial charge is 0.327 e. The van der Waals surface area contributed by atoms with Gasteiger partial charge in [-0.25, -0.2) is 0 Å². The molecule has 106 valence electrons. The van der Waals surface area contributed by atoms with E-state index < -0.39 is 0 Å². The van der Waals surface area contributed by atoms with Crippen molar-refractivity contribution in [2.75, 3.05) is 13.1 Å². The van der Waals surface area contributed by atoms with Crippen LogP contribution in [0.15, 0.2) is 0 Å². The van der Waals surface area contributed by atoms with E-state index in [1.54, 1.807) is 0 Å². The number of rotatable bonds is 7. The second kappa shape index (κ2) is 5.92. The molecule has 2 aliphatic rings. The van der Waals surface area contributed by atoms with Gasteiger partial charge < -0.3 is 5.73 Å². The third-order valence-electron chi connectivity index (χ3n) is 5.36. The van der Waals surface area contributed by atoms with Crippen LogP contribution in [0.25, 0.3) is 0 Å². The van der Waals surface area contributed by atoms with E-state index in [4.69, 9.17) is 5.73 Å². The Kier molecular flexibility index (Phi) is 4.71. The smallest absolute Gasteiger partial charge is 0.0153 e. The Morgan fingerprint density at radius 3 is 2.44 bits per heavy atom. The minimum Gasteiger partial charge on any atom is -0.327 e. The van der Waals surface area contributed by atoms with Gasteiger partial charge in [-0.15, -0.1) is 0 Å². The van der Waals surface area contributed by atoms with Crippen molar-refractivity contribution < 1.29 is 0 Å². The molecule has 18 heavy (non-hydrogen) atoms. The van der Waals surface area contributed by atoms with Crippen molar-refractivity contribution in [1.29, 1.82) is 0 Å². The Bertz CT molecular complexity index is 262. The fourth-order valence-corrected chi connectivity index (χ4v) is 3.77. The summed E-state index contributed by atoms with van der Waals surface area (Å²) in [7, 11) is 0. The lowest BCUT2D eigenvalue weighted by atomic mass is 9.72. The molecule has 1 aliphatic heterocycles. The molecular formula is C16H32N2. The van der Waals surface area contributed by atoms with Crippen LogP contribution in [0.3, 0.4) is 0 Å². The third kappa shape index (κ3) is 3.08. The minimum absolute atomic E-state index is 0.392. The normalized spacial score (nSPS) is 32.3. The molecule has 2 N–H and O–H groups in total. The molecule has 0 radical (unpaired) electrons. The van der Waals surface area contributed by atoms with E-state index >= 15 is 0 Å². The maximum Gasteiger partial charge on any atom is 0.0153 e. The summed E-state index contributed by atoms with van der Waals surface area (Å²) in [4.78, 5) is 2.72. The Morgan fingerprint density at radius 1 is 1.11 bits per heavy atom. The highest BCUT2D eigenvalue weighted by molar-refractivity contribution is 5.03. The fraction of sp³-hybridized carbons (Fsp3) is 1.00. The van der Waals surface area contributed by atoms with Gasteiger partial charge in [0, 0.05) is 24.7 Å². The number of hydrogen-bond acceptors (Lipinski definition) is 2. The van der Waals surface area contributed by atoms with Crippen molar-refractivity contribution in [3.8, 4) is 0 Å². The van der Waals surface area contributed by atoms with E-state index in [1.807, 2.05) is 0 Å². The van der Waals surface area contributed by atoms with E-state index in [2.05, 4.69) is 25.7 Å². The lowest BCUT2D eigenvalue weighted by molar-refractivity contribution is 0.135. The summed E-state index contributed by atoms with van der Waals surface area (Å²) in [6.45, 7) is 9.72. The molecule has 1 saturated heterocycles. The molecule has 1 heterocycles. The summed E-state index contributed by atoms with van der Waals surface area (Å²) < 4.78 is 0. The van der Waals surface area contributed by atoms with Crippen molar-refractivity contribution in [3.63, 3.8) is 0 Å². The Hall–Kier alpha value is -0.0800. The zero-order chi connectivity index (χ0) is 13.2. The Morgan fingerprint density at radius 2 is 1.83 bits per heavy atom. The van der Waals surface area contributed by atoms with Crippen molar-refractivity contribution in [2.45, 2.75) is 77.3 Å². The average molecular weight is 252 g/mol. The lowest BCUT2D eigenvalue weighted by Gasteiger charge is -2.36. The van der Waals surface area contributed by atoms with Crippen LogP contribution in [0.1, 0.15) is 65.7 Å². The molecule has 0 aromatic carbocycles. The van der Waals surface area contributed by atoms with Crippen LogP contribution in [0, 0.1) is 11.8 Å². The minimum atomic E-state index is 0.392. The monoisotopic (exact) mass is 252 g/mol. The summed E-state index contributed by atoms with van der Waals surface area (Å²) in [6.07, 6.45) is 9.60. The maximum atomic E-state index is 6.10. The Balaban J connectivity index is 1.70. The molecule has 0 aromatic rings. The zero-order valence-corrected chi connectivity index (χ0v) is 12.6. The van der Waals surface area contributed by atoms with Crippen molar-refractivity contribution in [1.82, 2.24) is 4.90 Å². The average Bonchev–Trinajstić information content (AvgIpc) is 2.67. The van der Waals surface area contributed by atoms with E-state index in [0.29, 0.717) is 11.6 Å². The van der Waals surface area contributed by atoms with Crippen molar-refractivity contribution in [3.05, 3.63) is 0 Å². The molecule has 0 amide bonds. The van der Waals surface area contributed by atoms with Gasteiger partial charge in [0.2, 0.25) is 0 Å². The summed E-state index contributed by atoms with van der Waals surface area (Å²) in [5.74, 6) is 1.73. The van der Waals surface area contributed by atoms with Crippen LogP contribution in [0.5, 0.6) is 0 Å². The molecule has 2 rings (SSSR count). The van der Waals surface area contributed by atoms with Gasteiger partial charge in [0.05, 0.1) is 0 Å². The quantitative estimate of drug-likeness (QED) is 0.704. The molecule has 0 spiro atoms. The SMILES string of the molecule is CCCCCCCC(C)(C)N1CC2C(N)C[C@@H]2C1. The van der Waals surface area contributed by atoms with Gasteiger partial charge in [-0.1, -0.05) is 39.0 Å². The number of hydrogen-bond donors (Lipinski definition) is 1. The van der Waals surface area contributed by atoms with Crippen molar-refractivity contribution >= 4 is 0 Å². The van der Waals surface area contributed by atoms with E-state index in [9.17, 15) is 0 Å². The first-order valence-corrected chi connectivity index (χ1v) is 8.05. The van der Waals surface area contributed by atoms with Crippen LogP contribution in [0.4, 0.5) is 0 Å². The summed E-state index contributed by atoms with van der Waals surface area (Å²) in [5.41, 5.74) is 6.49. The Labute approximate surface area is 113 Å². The first kappa shape index (κ1) is 14.3. The molecule has 0 aromatic heterocycles. The van der Waals surface area contributed by atoms with E-state index in [-0.39, 0.29) is 0 Å². The predicted octanol–water partition coefficient (Wildman–Crippen LogP) is 3.40. The third-order valence-corrected chi connectivity index (χ3v) is 5.36. The first-order valence-electron chi connectivity index (χ1n) is 8.05. The van der Waals surface area contributed by atoms with Gasteiger partial charge in [0.1, 0.15) is 0 Å². The van der Waals surface area contributed by atoms with Gasteiger partial charge in [-0.2, -0.15) is 0 Å². The van der Waals surface area contributed by atoms with E-state index in [1.165, 1.54) is 58.0 Å².